The van der Waals surface area contributed by atoms with Crippen LogP contribution in [0.25, 0.3) is 0 Å². The predicted octanol–water partition coefficient (Wildman–Crippen LogP) is -0.206. The second-order valence-corrected chi connectivity index (χ2v) is 4.98. The maximum Gasteiger partial charge on any atom is 0.321 e. The van der Waals surface area contributed by atoms with Crippen molar-refractivity contribution in [3.63, 3.8) is 0 Å². The van der Waals surface area contributed by atoms with Gasteiger partial charge < -0.3 is 21.3 Å². The normalized spacial score (nSPS) is 19.0. The largest absolute Gasteiger partial charge is 0.481 e. The van der Waals surface area contributed by atoms with Crippen LogP contribution >= 0.6 is 0 Å². The Morgan fingerprint density at radius 1 is 1.18 bits per heavy atom. The minimum atomic E-state index is -1.89. The number of ketones is 1. The lowest BCUT2D eigenvalue weighted by atomic mass is 9.87. The number of nitrogens with two attached hydrogens (primary N) is 1. The number of nitrogens with one attached hydrogen (secondary N) is 1. The van der Waals surface area contributed by atoms with E-state index in [-0.39, 0.29) is 0 Å². The number of rotatable bonds is 6. The van der Waals surface area contributed by atoms with Crippen molar-refractivity contribution in [2.75, 3.05) is 5.32 Å². The van der Waals surface area contributed by atoms with Gasteiger partial charge in [0.15, 0.2) is 0 Å². The van der Waals surface area contributed by atoms with Crippen LogP contribution in [0.2, 0.25) is 0 Å². The van der Waals surface area contributed by atoms with Crippen molar-refractivity contribution in [2.45, 2.75) is 18.4 Å². The SMILES string of the molecule is N[C@H](C(=O)O)C(C(=O)O)C(=O)CC1C(=O)Nc2ccccc21. The lowest BCUT2D eigenvalue weighted by Gasteiger charge is -2.17. The van der Waals surface area contributed by atoms with E-state index >= 15 is 0 Å². The average Bonchev–Trinajstić information content (AvgIpc) is 2.75. The van der Waals surface area contributed by atoms with Gasteiger partial charge in [0.2, 0.25) is 5.91 Å². The number of carbonyl (C=O) groups is 4. The Labute approximate surface area is 124 Å². The van der Waals surface area contributed by atoms with Crippen molar-refractivity contribution in [3.05, 3.63) is 29.8 Å². The zero-order chi connectivity index (χ0) is 16.4. The number of hydrogen-bond acceptors (Lipinski definition) is 5. The molecule has 0 saturated heterocycles. The van der Waals surface area contributed by atoms with E-state index in [2.05, 4.69) is 5.32 Å². The molecule has 1 heterocycles. The van der Waals surface area contributed by atoms with Crippen molar-refractivity contribution in [1.29, 1.82) is 0 Å². The molecule has 1 amide bonds. The maximum atomic E-state index is 12.1. The van der Waals surface area contributed by atoms with Crippen molar-refractivity contribution in [3.8, 4) is 0 Å². The Hall–Kier alpha value is -2.74. The zero-order valence-corrected chi connectivity index (χ0v) is 11.4. The van der Waals surface area contributed by atoms with Crippen molar-refractivity contribution < 1.29 is 29.4 Å². The van der Waals surface area contributed by atoms with Gasteiger partial charge in [-0.3, -0.25) is 19.2 Å². The summed E-state index contributed by atoms with van der Waals surface area (Å²) in [5.74, 6) is -7.25. The van der Waals surface area contributed by atoms with E-state index in [1.807, 2.05) is 0 Å². The van der Waals surface area contributed by atoms with Crippen LogP contribution in [0, 0.1) is 5.92 Å². The third-order valence-corrected chi connectivity index (χ3v) is 3.57. The second-order valence-electron chi connectivity index (χ2n) is 4.98. The second kappa shape index (κ2) is 5.94. The van der Waals surface area contributed by atoms with Crippen LogP contribution < -0.4 is 11.1 Å². The van der Waals surface area contributed by atoms with Gasteiger partial charge in [-0.2, -0.15) is 0 Å². The van der Waals surface area contributed by atoms with E-state index in [1.54, 1.807) is 24.3 Å². The van der Waals surface area contributed by atoms with Gasteiger partial charge in [-0.1, -0.05) is 18.2 Å². The van der Waals surface area contributed by atoms with E-state index in [9.17, 15) is 19.2 Å². The molecule has 2 rings (SSSR count). The van der Waals surface area contributed by atoms with Crippen molar-refractivity contribution in [2.24, 2.45) is 11.7 Å². The molecular weight excluding hydrogens is 292 g/mol. The maximum absolute atomic E-state index is 12.1. The number of para-hydroxylation sites is 1. The van der Waals surface area contributed by atoms with Crippen molar-refractivity contribution >= 4 is 29.3 Å². The Bertz CT molecular complexity index is 656. The number of aliphatic carboxylic acids is 2. The van der Waals surface area contributed by atoms with E-state index in [0.717, 1.165) is 0 Å². The molecule has 3 atom stereocenters. The summed E-state index contributed by atoms with van der Waals surface area (Å²) in [5.41, 5.74) is 6.40. The highest BCUT2D eigenvalue weighted by atomic mass is 16.4. The molecule has 1 aliphatic heterocycles. The minimum Gasteiger partial charge on any atom is -0.481 e. The summed E-state index contributed by atoms with van der Waals surface area (Å²) in [7, 11) is 0. The smallest absolute Gasteiger partial charge is 0.321 e. The molecule has 8 heteroatoms. The van der Waals surface area contributed by atoms with E-state index in [4.69, 9.17) is 15.9 Å². The molecular formula is C14H14N2O6. The lowest BCUT2D eigenvalue weighted by Crippen LogP contribution is -2.46. The first-order valence-corrected chi connectivity index (χ1v) is 6.46. The summed E-state index contributed by atoms with van der Waals surface area (Å²) in [6.45, 7) is 0. The predicted molar refractivity (Wildman–Crippen MR) is 74.2 cm³/mol. The van der Waals surface area contributed by atoms with Gasteiger partial charge in [0.1, 0.15) is 17.7 Å². The van der Waals surface area contributed by atoms with Crippen LogP contribution in [0.15, 0.2) is 24.3 Å². The first kappa shape index (κ1) is 15.6. The van der Waals surface area contributed by atoms with Gasteiger partial charge in [-0.15, -0.1) is 0 Å². The summed E-state index contributed by atoms with van der Waals surface area (Å²) in [5, 5.41) is 20.4. The van der Waals surface area contributed by atoms with Crippen LogP contribution in [0.3, 0.4) is 0 Å². The molecule has 8 nitrogen and oxygen atoms in total. The van der Waals surface area contributed by atoms with E-state index in [0.29, 0.717) is 11.3 Å². The number of amides is 1. The Morgan fingerprint density at radius 2 is 1.82 bits per heavy atom. The fourth-order valence-electron chi connectivity index (χ4n) is 2.44. The topological polar surface area (TPSA) is 147 Å². The van der Waals surface area contributed by atoms with Gasteiger partial charge >= 0.3 is 11.9 Å². The molecule has 0 radical (unpaired) electrons. The molecule has 2 unspecified atom stereocenters. The Balaban J connectivity index is 2.22. The standard InChI is InChI=1S/C14H14N2O6/c15-11(14(21)22)10(13(19)20)9(17)5-7-6-3-1-2-4-8(6)16-12(7)18/h1-4,7,10-11H,5,15H2,(H,16,18)(H,19,20)(H,21,22)/t7?,10?,11-/m0/s1. The summed E-state index contributed by atoms with van der Waals surface area (Å²) in [6, 6.07) is 4.86. The van der Waals surface area contributed by atoms with E-state index in [1.165, 1.54) is 0 Å². The van der Waals surface area contributed by atoms with Gasteiger partial charge in [-0.25, -0.2) is 0 Å². The highest BCUT2D eigenvalue weighted by Crippen LogP contribution is 2.35. The number of hydrogen-bond donors (Lipinski definition) is 4. The third kappa shape index (κ3) is 2.82. The van der Waals surface area contributed by atoms with Crippen LogP contribution in [0.4, 0.5) is 5.69 Å². The molecule has 0 spiro atoms. The van der Waals surface area contributed by atoms with Gasteiger partial charge in [-0.05, 0) is 11.6 Å². The zero-order valence-electron chi connectivity index (χ0n) is 11.4. The molecule has 0 saturated carbocycles. The molecule has 22 heavy (non-hydrogen) atoms. The van der Waals surface area contributed by atoms with Crippen LogP contribution in [-0.2, 0) is 19.2 Å². The molecule has 0 aromatic heterocycles. The lowest BCUT2D eigenvalue weighted by molar-refractivity contribution is -0.154. The highest BCUT2D eigenvalue weighted by Gasteiger charge is 2.40. The number of anilines is 1. The first-order valence-electron chi connectivity index (χ1n) is 6.46. The molecule has 0 bridgehead atoms. The third-order valence-electron chi connectivity index (χ3n) is 3.57. The molecule has 0 fully saturated rings. The van der Waals surface area contributed by atoms with Crippen LogP contribution in [0.5, 0.6) is 0 Å². The van der Waals surface area contributed by atoms with Crippen LogP contribution in [-0.4, -0.2) is 39.9 Å². The summed E-state index contributed by atoms with van der Waals surface area (Å²) < 4.78 is 0. The number of carbonyl (C=O) groups excluding carboxylic acids is 2. The molecule has 1 aliphatic rings. The monoisotopic (exact) mass is 306 g/mol. The fourth-order valence-corrected chi connectivity index (χ4v) is 2.44. The van der Waals surface area contributed by atoms with Crippen molar-refractivity contribution in [1.82, 2.24) is 0 Å². The number of carboxylic acid groups (broad SMARTS) is 2. The van der Waals surface area contributed by atoms with Gasteiger partial charge in [0, 0.05) is 12.1 Å². The molecule has 1 aromatic rings. The molecule has 116 valence electrons. The summed E-state index contributed by atoms with van der Waals surface area (Å²) in [4.78, 5) is 46.0. The molecule has 5 N–H and O–H groups in total. The highest BCUT2D eigenvalue weighted by molar-refractivity contribution is 6.08. The Morgan fingerprint density at radius 3 is 2.41 bits per heavy atom. The number of carboxylic acids is 2. The fraction of sp³-hybridized carbons (Fsp3) is 0.286. The molecule has 0 aliphatic carbocycles. The number of benzene rings is 1. The Kier molecular flexibility index (Phi) is 4.22. The minimum absolute atomic E-state index is 0.416. The molecule has 1 aromatic carbocycles. The van der Waals surface area contributed by atoms with Crippen LogP contribution in [0.1, 0.15) is 17.9 Å². The van der Waals surface area contributed by atoms with E-state index < -0.39 is 47.9 Å². The first-order chi connectivity index (χ1) is 10.3. The average molecular weight is 306 g/mol. The van der Waals surface area contributed by atoms with Gasteiger partial charge in [0.25, 0.3) is 0 Å². The summed E-state index contributed by atoms with van der Waals surface area (Å²) >= 11 is 0. The van der Waals surface area contributed by atoms with Gasteiger partial charge in [0.05, 0.1) is 5.92 Å². The quantitative estimate of drug-likeness (QED) is 0.532. The summed E-state index contributed by atoms with van der Waals surface area (Å²) in [6.07, 6.45) is -0.416. The number of fused-ring (bicyclic) bond motifs is 1. The number of Topliss-reactive ketones (excluding diaryl/α,β-unsaturated/α-hetero) is 1.